The van der Waals surface area contributed by atoms with E-state index in [2.05, 4.69) is 64.3 Å². The first-order chi connectivity index (χ1) is 13.7. The van der Waals surface area contributed by atoms with Crippen LogP contribution in [0, 0.1) is 5.92 Å². The molecule has 2 atom stereocenters. The maximum Gasteiger partial charge on any atom is 0.193 e. The molecule has 1 aliphatic rings. The summed E-state index contributed by atoms with van der Waals surface area (Å²) in [5, 5.41) is 3.63. The summed E-state index contributed by atoms with van der Waals surface area (Å²) >= 11 is 0. The van der Waals surface area contributed by atoms with Crippen molar-refractivity contribution in [2.75, 3.05) is 66.7 Å². The van der Waals surface area contributed by atoms with Crippen molar-refractivity contribution in [3.63, 3.8) is 0 Å². The van der Waals surface area contributed by atoms with E-state index in [1.807, 2.05) is 7.05 Å². The molecule has 0 aliphatic carbocycles. The highest BCUT2D eigenvalue weighted by Gasteiger charge is 2.26. The lowest BCUT2D eigenvalue weighted by Crippen LogP contribution is -2.44. The number of ether oxygens (including phenoxy) is 2. The Balaban J connectivity index is 1.90. The lowest BCUT2D eigenvalue weighted by atomic mass is 10.1. The third kappa shape index (κ3) is 6.76. The molecule has 158 valence electrons. The molecule has 6 nitrogen and oxygen atoms in total. The average Bonchev–Trinajstić information content (AvgIpc) is 3.20. The molecule has 1 aromatic rings. The Morgan fingerprint density at radius 1 is 1.25 bits per heavy atom. The van der Waals surface area contributed by atoms with Gasteiger partial charge < -0.3 is 19.7 Å². The van der Waals surface area contributed by atoms with Crippen LogP contribution in [0.15, 0.2) is 35.3 Å². The zero-order valence-electron chi connectivity index (χ0n) is 18.1. The normalized spacial score (nSPS) is 18.7. The molecule has 6 heteroatoms. The molecular weight excluding hydrogens is 352 g/mol. The summed E-state index contributed by atoms with van der Waals surface area (Å²) in [4.78, 5) is 9.39. The van der Waals surface area contributed by atoms with Crippen LogP contribution < -0.4 is 5.32 Å². The monoisotopic (exact) mass is 390 g/mol. The van der Waals surface area contributed by atoms with Gasteiger partial charge in [0.25, 0.3) is 0 Å². The Morgan fingerprint density at radius 2 is 2.00 bits per heavy atom. The SMILES string of the molecule is CCN(CC)C(CNC(=NC)N1CCC(COCCOC)C1)c1ccccc1. The van der Waals surface area contributed by atoms with Crippen LogP contribution in [0.4, 0.5) is 0 Å². The second kappa shape index (κ2) is 12.8. The first-order valence-corrected chi connectivity index (χ1v) is 10.5. The van der Waals surface area contributed by atoms with Crippen molar-refractivity contribution >= 4 is 5.96 Å². The number of guanidine groups is 1. The number of methoxy groups -OCH3 is 1. The van der Waals surface area contributed by atoms with Gasteiger partial charge in [-0.05, 0) is 25.1 Å². The summed E-state index contributed by atoms with van der Waals surface area (Å²) in [6.07, 6.45) is 1.14. The third-order valence-electron chi connectivity index (χ3n) is 5.47. The highest BCUT2D eigenvalue weighted by molar-refractivity contribution is 5.80. The van der Waals surface area contributed by atoms with Crippen LogP contribution in [-0.4, -0.2) is 82.5 Å². The second-order valence-corrected chi connectivity index (χ2v) is 7.24. The van der Waals surface area contributed by atoms with E-state index >= 15 is 0 Å². The minimum atomic E-state index is 0.337. The Hall–Kier alpha value is -1.63. The minimum absolute atomic E-state index is 0.337. The highest BCUT2D eigenvalue weighted by Crippen LogP contribution is 2.20. The van der Waals surface area contributed by atoms with E-state index in [0.717, 1.165) is 51.7 Å². The topological polar surface area (TPSA) is 49.3 Å². The molecule has 1 N–H and O–H groups in total. The quantitative estimate of drug-likeness (QED) is 0.358. The predicted octanol–water partition coefficient (Wildman–Crippen LogP) is 2.63. The molecule has 0 bridgehead atoms. The number of benzene rings is 1. The van der Waals surface area contributed by atoms with Crippen molar-refractivity contribution in [1.82, 2.24) is 15.1 Å². The molecule has 1 saturated heterocycles. The lowest BCUT2D eigenvalue weighted by Gasteiger charge is -2.32. The predicted molar refractivity (Wildman–Crippen MR) is 116 cm³/mol. The second-order valence-electron chi connectivity index (χ2n) is 7.24. The van der Waals surface area contributed by atoms with Gasteiger partial charge in [0.05, 0.1) is 25.9 Å². The number of hydrogen-bond acceptors (Lipinski definition) is 4. The zero-order valence-corrected chi connectivity index (χ0v) is 18.1. The van der Waals surface area contributed by atoms with Crippen LogP contribution >= 0.6 is 0 Å². The summed E-state index contributed by atoms with van der Waals surface area (Å²) in [5.74, 6) is 1.55. The molecule has 28 heavy (non-hydrogen) atoms. The van der Waals surface area contributed by atoms with Gasteiger partial charge in [0.15, 0.2) is 5.96 Å². The highest BCUT2D eigenvalue weighted by atomic mass is 16.5. The third-order valence-corrected chi connectivity index (χ3v) is 5.47. The summed E-state index contributed by atoms with van der Waals surface area (Å²) in [7, 11) is 3.58. The molecule has 1 aliphatic heterocycles. The minimum Gasteiger partial charge on any atom is -0.382 e. The molecule has 0 spiro atoms. The molecule has 0 radical (unpaired) electrons. The summed E-state index contributed by atoms with van der Waals surface area (Å²) in [6, 6.07) is 11.1. The zero-order chi connectivity index (χ0) is 20.2. The van der Waals surface area contributed by atoms with Gasteiger partial charge in [0, 0.05) is 39.7 Å². The largest absolute Gasteiger partial charge is 0.382 e. The fraction of sp³-hybridized carbons (Fsp3) is 0.682. The van der Waals surface area contributed by atoms with Crippen LogP contribution in [0.5, 0.6) is 0 Å². The Kier molecular flexibility index (Phi) is 10.3. The Morgan fingerprint density at radius 3 is 2.64 bits per heavy atom. The van der Waals surface area contributed by atoms with E-state index < -0.39 is 0 Å². The molecule has 1 aromatic carbocycles. The number of hydrogen-bond donors (Lipinski definition) is 1. The number of rotatable bonds is 11. The van der Waals surface area contributed by atoms with E-state index in [1.165, 1.54) is 5.56 Å². The summed E-state index contributed by atoms with van der Waals surface area (Å²) in [5.41, 5.74) is 1.35. The van der Waals surface area contributed by atoms with Crippen LogP contribution in [0.3, 0.4) is 0 Å². The van der Waals surface area contributed by atoms with Crippen molar-refractivity contribution in [1.29, 1.82) is 0 Å². The maximum atomic E-state index is 5.72. The first-order valence-electron chi connectivity index (χ1n) is 10.5. The van der Waals surface area contributed by atoms with Crippen molar-refractivity contribution in [2.45, 2.75) is 26.3 Å². The maximum absolute atomic E-state index is 5.72. The molecule has 2 unspecified atom stereocenters. The van der Waals surface area contributed by atoms with Crippen LogP contribution in [0.2, 0.25) is 0 Å². The molecule has 2 rings (SSSR count). The van der Waals surface area contributed by atoms with Gasteiger partial charge in [-0.15, -0.1) is 0 Å². The van der Waals surface area contributed by atoms with Crippen molar-refractivity contribution in [3.8, 4) is 0 Å². The van der Waals surface area contributed by atoms with Crippen LogP contribution in [-0.2, 0) is 9.47 Å². The van der Waals surface area contributed by atoms with E-state index in [9.17, 15) is 0 Å². The average molecular weight is 391 g/mol. The van der Waals surface area contributed by atoms with Gasteiger partial charge in [0.2, 0.25) is 0 Å². The van der Waals surface area contributed by atoms with E-state index in [-0.39, 0.29) is 0 Å². The molecule has 0 saturated carbocycles. The van der Waals surface area contributed by atoms with Gasteiger partial charge in [-0.2, -0.15) is 0 Å². The summed E-state index contributed by atoms with van der Waals surface area (Å²) < 4.78 is 10.8. The Labute approximate surface area is 170 Å². The number of aliphatic imine (C=N–C) groups is 1. The standard InChI is InChI=1S/C22H38N4O2/c1-5-25(6-2)21(20-10-8-7-9-11-20)16-24-22(23-3)26-13-12-19(17-26)18-28-15-14-27-4/h7-11,19,21H,5-6,12-18H2,1-4H3,(H,23,24). The number of likely N-dealkylation sites (tertiary alicyclic amines) is 1. The van der Waals surface area contributed by atoms with Gasteiger partial charge in [0.1, 0.15) is 0 Å². The molecule has 0 amide bonds. The fourth-order valence-electron chi connectivity index (χ4n) is 3.87. The van der Waals surface area contributed by atoms with Gasteiger partial charge in [-0.3, -0.25) is 9.89 Å². The van der Waals surface area contributed by atoms with E-state index in [0.29, 0.717) is 25.2 Å². The fourth-order valence-corrected chi connectivity index (χ4v) is 3.87. The van der Waals surface area contributed by atoms with Gasteiger partial charge in [-0.25, -0.2) is 0 Å². The smallest absolute Gasteiger partial charge is 0.193 e. The molecular formula is C22H38N4O2. The molecule has 1 fully saturated rings. The number of nitrogens with zero attached hydrogens (tertiary/aromatic N) is 3. The Bertz CT molecular complexity index is 563. The molecule has 1 heterocycles. The number of nitrogens with one attached hydrogen (secondary N) is 1. The van der Waals surface area contributed by atoms with Crippen LogP contribution in [0.25, 0.3) is 0 Å². The van der Waals surface area contributed by atoms with Gasteiger partial charge in [-0.1, -0.05) is 44.2 Å². The lowest BCUT2D eigenvalue weighted by molar-refractivity contribution is 0.0536. The van der Waals surface area contributed by atoms with Crippen molar-refractivity contribution in [3.05, 3.63) is 35.9 Å². The van der Waals surface area contributed by atoms with Crippen molar-refractivity contribution in [2.24, 2.45) is 10.9 Å². The van der Waals surface area contributed by atoms with E-state index in [4.69, 9.17) is 9.47 Å². The van der Waals surface area contributed by atoms with E-state index in [1.54, 1.807) is 7.11 Å². The number of likely N-dealkylation sites (N-methyl/N-ethyl adjacent to an activating group) is 1. The molecule has 0 aromatic heterocycles. The van der Waals surface area contributed by atoms with Crippen LogP contribution in [0.1, 0.15) is 31.9 Å². The van der Waals surface area contributed by atoms with Crippen molar-refractivity contribution < 1.29 is 9.47 Å². The first kappa shape index (κ1) is 22.7. The van der Waals surface area contributed by atoms with Gasteiger partial charge >= 0.3 is 0 Å². The summed E-state index contributed by atoms with van der Waals surface area (Å²) in [6.45, 7) is 11.5.